The van der Waals surface area contributed by atoms with Crippen molar-refractivity contribution in [2.75, 3.05) is 6.54 Å². The molecule has 0 aliphatic carbocycles. The van der Waals surface area contributed by atoms with Crippen molar-refractivity contribution in [2.45, 2.75) is 19.4 Å². The van der Waals surface area contributed by atoms with E-state index in [1.165, 1.54) is 4.90 Å². The molecule has 1 heterocycles. The first kappa shape index (κ1) is 13.5. The van der Waals surface area contributed by atoms with Crippen molar-refractivity contribution in [1.29, 1.82) is 0 Å². The van der Waals surface area contributed by atoms with Gasteiger partial charge in [-0.25, -0.2) is 0 Å². The molecule has 1 atom stereocenters. The minimum absolute atomic E-state index is 0.0740. The van der Waals surface area contributed by atoms with Gasteiger partial charge in [0.15, 0.2) is 0 Å². The molecule has 1 aliphatic rings. The molecule has 2 rings (SSSR count). The molecule has 19 heavy (non-hydrogen) atoms. The van der Waals surface area contributed by atoms with Crippen molar-refractivity contribution in [1.82, 2.24) is 10.2 Å². The Morgan fingerprint density at radius 2 is 2.11 bits per heavy atom. The molecule has 0 aromatic heterocycles. The molecule has 1 N–H and O–H groups in total. The summed E-state index contributed by atoms with van der Waals surface area (Å²) in [4.78, 5) is 36.2. The fourth-order valence-electron chi connectivity index (χ4n) is 1.92. The summed E-state index contributed by atoms with van der Waals surface area (Å²) in [5.41, 5.74) is 0.680. The van der Waals surface area contributed by atoms with Crippen molar-refractivity contribution >= 4 is 29.3 Å². The molecular weight excluding hydrogens is 268 g/mol. The topological polar surface area (TPSA) is 66.5 Å². The number of carbonyl (C=O) groups is 3. The number of nitrogens with zero attached hydrogens (tertiary/aromatic N) is 1. The molecule has 1 aliphatic heterocycles. The fourth-order valence-corrected chi connectivity index (χ4v) is 2.13. The molecule has 100 valence electrons. The Kier molecular flexibility index (Phi) is 3.85. The van der Waals surface area contributed by atoms with E-state index in [4.69, 9.17) is 11.6 Å². The lowest BCUT2D eigenvalue weighted by atomic mass is 10.1. The lowest BCUT2D eigenvalue weighted by Crippen LogP contribution is -2.58. The summed E-state index contributed by atoms with van der Waals surface area (Å²) in [5, 5.41) is 2.69. The highest BCUT2D eigenvalue weighted by atomic mass is 35.5. The van der Waals surface area contributed by atoms with Gasteiger partial charge >= 0.3 is 0 Å². The van der Waals surface area contributed by atoms with Crippen LogP contribution in [-0.2, 0) is 20.8 Å². The summed E-state index contributed by atoms with van der Waals surface area (Å²) in [6.07, 6.45) is 0.0740. The molecule has 1 fully saturated rings. The van der Waals surface area contributed by atoms with Crippen LogP contribution in [-0.4, -0.2) is 35.2 Å². The number of hydrogen-bond acceptors (Lipinski definition) is 3. The van der Waals surface area contributed by atoms with E-state index in [9.17, 15) is 14.4 Å². The van der Waals surface area contributed by atoms with E-state index in [1.54, 1.807) is 31.2 Å². The number of amides is 3. The number of piperazine rings is 1. The molecule has 0 spiro atoms. The van der Waals surface area contributed by atoms with Crippen LogP contribution in [0, 0.1) is 0 Å². The van der Waals surface area contributed by atoms with Crippen LogP contribution < -0.4 is 5.32 Å². The van der Waals surface area contributed by atoms with Crippen molar-refractivity contribution < 1.29 is 14.4 Å². The molecule has 0 saturated carbocycles. The van der Waals surface area contributed by atoms with Crippen LogP contribution >= 0.6 is 11.6 Å². The quantitative estimate of drug-likeness (QED) is 0.813. The van der Waals surface area contributed by atoms with Crippen LogP contribution in [0.3, 0.4) is 0 Å². The molecule has 5 nitrogen and oxygen atoms in total. The molecule has 3 amide bonds. The van der Waals surface area contributed by atoms with Gasteiger partial charge in [-0.15, -0.1) is 0 Å². The Morgan fingerprint density at radius 1 is 1.42 bits per heavy atom. The summed E-state index contributed by atoms with van der Waals surface area (Å²) in [6, 6.07) is 6.36. The first-order chi connectivity index (χ1) is 8.99. The Bertz CT molecular complexity index is 544. The zero-order valence-electron chi connectivity index (χ0n) is 10.4. The lowest BCUT2D eigenvalue weighted by Gasteiger charge is -2.31. The van der Waals surface area contributed by atoms with Gasteiger partial charge < -0.3 is 4.90 Å². The van der Waals surface area contributed by atoms with Gasteiger partial charge in [-0.2, -0.15) is 0 Å². The van der Waals surface area contributed by atoms with Gasteiger partial charge in [-0.05, 0) is 18.6 Å². The van der Waals surface area contributed by atoms with Gasteiger partial charge in [0.05, 0.1) is 6.42 Å². The highest BCUT2D eigenvalue weighted by Gasteiger charge is 2.33. The van der Waals surface area contributed by atoms with E-state index in [1.807, 2.05) is 0 Å². The maximum atomic E-state index is 12.2. The maximum Gasteiger partial charge on any atom is 0.249 e. The minimum Gasteiger partial charge on any atom is -0.321 e. The Hall–Kier alpha value is -1.88. The van der Waals surface area contributed by atoms with Gasteiger partial charge in [-0.3, -0.25) is 19.7 Å². The fraction of sp³-hybridized carbons (Fsp3) is 0.308. The third kappa shape index (κ3) is 2.93. The number of nitrogens with one attached hydrogen (secondary N) is 1. The molecule has 1 aromatic carbocycles. The standard InChI is InChI=1S/C13H13ClN2O3/c1-8-13(19)15-11(17)7-16(8)12(18)6-9-4-2-3-5-10(9)14/h2-5,8H,6-7H2,1H3,(H,15,17,19). The molecule has 0 bridgehead atoms. The summed E-state index contributed by atoms with van der Waals surface area (Å²) >= 11 is 5.98. The first-order valence-electron chi connectivity index (χ1n) is 5.85. The predicted molar refractivity (Wildman–Crippen MR) is 69.5 cm³/mol. The zero-order chi connectivity index (χ0) is 14.0. The largest absolute Gasteiger partial charge is 0.321 e. The number of halogens is 1. The van der Waals surface area contributed by atoms with Gasteiger partial charge in [-0.1, -0.05) is 29.8 Å². The highest BCUT2D eigenvalue weighted by molar-refractivity contribution is 6.31. The van der Waals surface area contributed by atoms with E-state index < -0.39 is 17.9 Å². The smallest absolute Gasteiger partial charge is 0.249 e. The maximum absolute atomic E-state index is 12.2. The second kappa shape index (κ2) is 5.40. The van der Waals surface area contributed by atoms with E-state index in [0.29, 0.717) is 10.6 Å². The van der Waals surface area contributed by atoms with Crippen LogP contribution in [0.4, 0.5) is 0 Å². The van der Waals surface area contributed by atoms with Gasteiger partial charge in [0, 0.05) is 5.02 Å². The molecule has 0 radical (unpaired) electrons. The van der Waals surface area contributed by atoms with Crippen LogP contribution in [0.2, 0.25) is 5.02 Å². The highest BCUT2D eigenvalue weighted by Crippen LogP contribution is 2.17. The lowest BCUT2D eigenvalue weighted by molar-refractivity contribution is -0.149. The summed E-state index contributed by atoms with van der Waals surface area (Å²) in [7, 11) is 0. The summed E-state index contributed by atoms with van der Waals surface area (Å²) < 4.78 is 0. The van der Waals surface area contributed by atoms with Gasteiger partial charge in [0.1, 0.15) is 12.6 Å². The van der Waals surface area contributed by atoms with Crippen LogP contribution in [0.15, 0.2) is 24.3 Å². The molecule has 1 saturated heterocycles. The number of rotatable bonds is 2. The Labute approximate surface area is 115 Å². The third-order valence-corrected chi connectivity index (χ3v) is 3.41. The number of benzene rings is 1. The number of imide groups is 1. The second-order valence-corrected chi connectivity index (χ2v) is 4.79. The van der Waals surface area contributed by atoms with E-state index >= 15 is 0 Å². The van der Waals surface area contributed by atoms with Crippen LogP contribution in [0.5, 0.6) is 0 Å². The van der Waals surface area contributed by atoms with Crippen molar-refractivity contribution in [3.63, 3.8) is 0 Å². The minimum atomic E-state index is -0.646. The normalized spacial score (nSPS) is 19.3. The average Bonchev–Trinajstić information content (AvgIpc) is 2.36. The summed E-state index contributed by atoms with van der Waals surface area (Å²) in [6.45, 7) is 1.49. The van der Waals surface area contributed by atoms with Crippen LogP contribution in [0.25, 0.3) is 0 Å². The van der Waals surface area contributed by atoms with E-state index in [2.05, 4.69) is 5.32 Å². The Morgan fingerprint density at radius 3 is 2.79 bits per heavy atom. The van der Waals surface area contributed by atoms with E-state index in [-0.39, 0.29) is 18.9 Å². The van der Waals surface area contributed by atoms with Crippen molar-refractivity contribution in [3.8, 4) is 0 Å². The van der Waals surface area contributed by atoms with Crippen molar-refractivity contribution in [3.05, 3.63) is 34.9 Å². The van der Waals surface area contributed by atoms with Gasteiger partial charge in [0.2, 0.25) is 17.7 Å². The van der Waals surface area contributed by atoms with E-state index in [0.717, 1.165) is 0 Å². The molecule has 1 unspecified atom stereocenters. The predicted octanol–water partition coefficient (Wildman–Crippen LogP) is 0.756. The average molecular weight is 281 g/mol. The summed E-state index contributed by atoms with van der Waals surface area (Å²) in [5.74, 6) is -1.21. The first-order valence-corrected chi connectivity index (χ1v) is 6.23. The zero-order valence-corrected chi connectivity index (χ0v) is 11.1. The van der Waals surface area contributed by atoms with Gasteiger partial charge in [0.25, 0.3) is 0 Å². The molecule has 1 aromatic rings. The van der Waals surface area contributed by atoms with Crippen LogP contribution in [0.1, 0.15) is 12.5 Å². The van der Waals surface area contributed by atoms with Crippen molar-refractivity contribution in [2.24, 2.45) is 0 Å². The Balaban J connectivity index is 2.13. The number of hydrogen-bond donors (Lipinski definition) is 1. The second-order valence-electron chi connectivity index (χ2n) is 4.38. The SMILES string of the molecule is CC1C(=O)NC(=O)CN1C(=O)Cc1ccccc1Cl. The monoisotopic (exact) mass is 280 g/mol. The third-order valence-electron chi connectivity index (χ3n) is 3.04. The molecular formula is C13H13ClN2O3. The number of carbonyl (C=O) groups excluding carboxylic acids is 3. The molecule has 6 heteroatoms.